The second-order valence-electron chi connectivity index (χ2n) is 5.49. The third kappa shape index (κ3) is 3.61. The van der Waals surface area contributed by atoms with Gasteiger partial charge in [-0.2, -0.15) is 13.2 Å². The third-order valence-electron chi connectivity index (χ3n) is 3.70. The Bertz CT molecular complexity index is 867. The first-order valence-electron chi connectivity index (χ1n) is 7.44. The molecule has 1 N–H and O–H groups in total. The SMILES string of the molecule is O=C1COc2ccc(NC(=O)C(F)(F)F)cc2N1Cc1ccccc1F. The number of benzene rings is 2. The molecule has 0 atom stereocenters. The Morgan fingerprint density at radius 3 is 2.62 bits per heavy atom. The number of carbonyl (C=O) groups is 2. The van der Waals surface area contributed by atoms with Crippen LogP contribution >= 0.6 is 0 Å². The molecule has 0 spiro atoms. The number of nitrogens with zero attached hydrogens (tertiary/aromatic N) is 1. The van der Waals surface area contributed by atoms with E-state index in [1.54, 1.807) is 11.4 Å². The minimum Gasteiger partial charge on any atom is -0.482 e. The molecule has 0 aliphatic carbocycles. The van der Waals surface area contributed by atoms with Crippen molar-refractivity contribution in [2.45, 2.75) is 12.7 Å². The molecule has 0 saturated heterocycles. The second-order valence-corrected chi connectivity index (χ2v) is 5.49. The van der Waals surface area contributed by atoms with Gasteiger partial charge < -0.3 is 15.0 Å². The highest BCUT2D eigenvalue weighted by atomic mass is 19.4. The van der Waals surface area contributed by atoms with E-state index in [0.717, 1.165) is 0 Å². The highest BCUT2D eigenvalue weighted by molar-refractivity contribution is 6.00. The Morgan fingerprint density at radius 2 is 1.92 bits per heavy atom. The maximum atomic E-state index is 13.9. The highest BCUT2D eigenvalue weighted by Gasteiger charge is 2.39. The summed E-state index contributed by atoms with van der Waals surface area (Å²) in [5.74, 6) is -2.90. The number of anilines is 2. The maximum Gasteiger partial charge on any atom is 0.471 e. The zero-order valence-corrected chi connectivity index (χ0v) is 13.1. The molecule has 2 aromatic rings. The third-order valence-corrected chi connectivity index (χ3v) is 3.70. The summed E-state index contributed by atoms with van der Waals surface area (Å²) in [5.41, 5.74) is 0.214. The number of hydrogen-bond donors (Lipinski definition) is 1. The lowest BCUT2D eigenvalue weighted by molar-refractivity contribution is -0.167. The molecule has 2 aromatic carbocycles. The number of nitrogens with one attached hydrogen (secondary N) is 1. The maximum absolute atomic E-state index is 13.9. The topological polar surface area (TPSA) is 58.6 Å². The Morgan fingerprint density at radius 1 is 1.19 bits per heavy atom. The molecule has 0 unspecified atom stereocenters. The minimum absolute atomic E-state index is 0.126. The zero-order chi connectivity index (χ0) is 18.9. The Hall–Kier alpha value is -3.10. The number of hydrogen-bond acceptors (Lipinski definition) is 3. The fraction of sp³-hybridized carbons (Fsp3) is 0.176. The molecule has 26 heavy (non-hydrogen) atoms. The fourth-order valence-electron chi connectivity index (χ4n) is 2.45. The number of fused-ring (bicyclic) bond motifs is 1. The summed E-state index contributed by atoms with van der Waals surface area (Å²) in [6, 6.07) is 9.57. The molecule has 0 fully saturated rings. The zero-order valence-electron chi connectivity index (χ0n) is 13.1. The first-order chi connectivity index (χ1) is 12.3. The standard InChI is InChI=1S/C17H12F4N2O3/c18-12-4-2-1-3-10(12)8-23-13-7-11(22-16(25)17(19,20)21)5-6-14(13)26-9-15(23)24/h1-7H,8-9H2,(H,22,25). The summed E-state index contributed by atoms with van der Waals surface area (Å²) >= 11 is 0. The number of amides is 2. The lowest BCUT2D eigenvalue weighted by atomic mass is 10.1. The highest BCUT2D eigenvalue weighted by Crippen LogP contribution is 2.36. The van der Waals surface area contributed by atoms with E-state index in [1.165, 1.54) is 41.3 Å². The van der Waals surface area contributed by atoms with Crippen molar-refractivity contribution in [1.29, 1.82) is 0 Å². The van der Waals surface area contributed by atoms with Gasteiger partial charge in [0.25, 0.3) is 5.91 Å². The lowest BCUT2D eigenvalue weighted by Crippen LogP contribution is -2.38. The van der Waals surface area contributed by atoms with Crippen LogP contribution in [0, 0.1) is 5.82 Å². The molecule has 1 aliphatic heterocycles. The summed E-state index contributed by atoms with van der Waals surface area (Å²) in [7, 11) is 0. The number of halogens is 4. The summed E-state index contributed by atoms with van der Waals surface area (Å²) in [6.07, 6.45) is -5.05. The van der Waals surface area contributed by atoms with Crippen molar-refractivity contribution in [1.82, 2.24) is 0 Å². The minimum atomic E-state index is -5.05. The predicted molar refractivity (Wildman–Crippen MR) is 84.2 cm³/mol. The van der Waals surface area contributed by atoms with Crippen molar-refractivity contribution in [2.75, 3.05) is 16.8 Å². The van der Waals surface area contributed by atoms with Crippen molar-refractivity contribution >= 4 is 23.2 Å². The molecule has 1 heterocycles. The van der Waals surface area contributed by atoms with E-state index in [4.69, 9.17) is 4.74 Å². The van der Waals surface area contributed by atoms with Crippen LogP contribution in [-0.2, 0) is 16.1 Å². The first kappa shape index (κ1) is 17.7. The first-order valence-corrected chi connectivity index (χ1v) is 7.44. The molecule has 0 saturated carbocycles. The van der Waals surface area contributed by atoms with Gasteiger partial charge in [-0.25, -0.2) is 4.39 Å². The van der Waals surface area contributed by atoms with E-state index >= 15 is 0 Å². The van der Waals surface area contributed by atoms with Gasteiger partial charge in [-0.1, -0.05) is 18.2 Å². The van der Waals surface area contributed by atoms with Crippen molar-refractivity contribution in [3.63, 3.8) is 0 Å². The Balaban J connectivity index is 1.92. The van der Waals surface area contributed by atoms with Crippen LogP contribution in [0.25, 0.3) is 0 Å². The van der Waals surface area contributed by atoms with Gasteiger partial charge in [-0.15, -0.1) is 0 Å². The molecule has 136 valence electrons. The number of rotatable bonds is 3. The van der Waals surface area contributed by atoms with Crippen LogP contribution in [0.4, 0.5) is 28.9 Å². The van der Waals surface area contributed by atoms with Gasteiger partial charge in [0.05, 0.1) is 12.2 Å². The number of alkyl halides is 3. The molecular weight excluding hydrogens is 356 g/mol. The number of carbonyl (C=O) groups excluding carboxylic acids is 2. The lowest BCUT2D eigenvalue weighted by Gasteiger charge is -2.30. The molecule has 2 amide bonds. The molecule has 0 bridgehead atoms. The van der Waals surface area contributed by atoms with Crippen LogP contribution in [-0.4, -0.2) is 24.6 Å². The van der Waals surface area contributed by atoms with Gasteiger partial charge >= 0.3 is 12.1 Å². The van der Waals surface area contributed by atoms with Crippen LogP contribution in [0.2, 0.25) is 0 Å². The van der Waals surface area contributed by atoms with Crippen molar-refractivity contribution in [3.05, 3.63) is 53.8 Å². The second kappa shape index (κ2) is 6.66. The van der Waals surface area contributed by atoms with Crippen molar-refractivity contribution < 1.29 is 31.9 Å². The van der Waals surface area contributed by atoms with Gasteiger partial charge in [0.2, 0.25) is 0 Å². The number of ether oxygens (including phenoxy) is 1. The van der Waals surface area contributed by atoms with Gasteiger partial charge in [0.15, 0.2) is 6.61 Å². The summed E-state index contributed by atoms with van der Waals surface area (Å²) in [4.78, 5) is 24.5. The van der Waals surface area contributed by atoms with Gasteiger partial charge in [0, 0.05) is 11.3 Å². The molecule has 1 aliphatic rings. The van der Waals surface area contributed by atoms with Crippen LogP contribution < -0.4 is 15.0 Å². The largest absolute Gasteiger partial charge is 0.482 e. The Labute approximate surface area is 145 Å². The quantitative estimate of drug-likeness (QED) is 0.847. The average Bonchev–Trinajstić information content (AvgIpc) is 2.58. The molecule has 0 radical (unpaired) electrons. The van der Waals surface area contributed by atoms with E-state index in [-0.39, 0.29) is 35.8 Å². The molecule has 0 aromatic heterocycles. The van der Waals surface area contributed by atoms with E-state index in [9.17, 15) is 27.2 Å². The van der Waals surface area contributed by atoms with E-state index in [0.29, 0.717) is 0 Å². The van der Waals surface area contributed by atoms with Crippen LogP contribution in [0.3, 0.4) is 0 Å². The monoisotopic (exact) mass is 368 g/mol. The predicted octanol–water partition coefficient (Wildman–Crippen LogP) is 3.25. The summed E-state index contributed by atoms with van der Waals surface area (Å²) in [5, 5.41) is 1.71. The van der Waals surface area contributed by atoms with Crippen LogP contribution in [0.5, 0.6) is 5.75 Å². The van der Waals surface area contributed by atoms with Crippen LogP contribution in [0.15, 0.2) is 42.5 Å². The molecule has 3 rings (SSSR count). The van der Waals surface area contributed by atoms with E-state index in [2.05, 4.69) is 0 Å². The molecule has 9 heteroatoms. The van der Waals surface area contributed by atoms with Crippen molar-refractivity contribution in [3.8, 4) is 5.75 Å². The summed E-state index contributed by atoms with van der Waals surface area (Å²) < 4.78 is 56.3. The smallest absolute Gasteiger partial charge is 0.471 e. The van der Waals surface area contributed by atoms with Gasteiger partial charge in [-0.3, -0.25) is 9.59 Å². The Kier molecular flexibility index (Phi) is 4.54. The van der Waals surface area contributed by atoms with E-state index in [1.807, 2.05) is 0 Å². The fourth-order valence-corrected chi connectivity index (χ4v) is 2.45. The average molecular weight is 368 g/mol. The van der Waals surface area contributed by atoms with Crippen molar-refractivity contribution in [2.24, 2.45) is 0 Å². The van der Waals surface area contributed by atoms with E-state index < -0.39 is 23.8 Å². The van der Waals surface area contributed by atoms with Crippen LogP contribution in [0.1, 0.15) is 5.56 Å². The normalized spacial score (nSPS) is 13.8. The molecule has 5 nitrogen and oxygen atoms in total. The molecular formula is C17H12F4N2O3. The van der Waals surface area contributed by atoms with Gasteiger partial charge in [-0.05, 0) is 24.3 Å². The summed E-state index contributed by atoms with van der Waals surface area (Å²) in [6.45, 7) is -0.408. The van der Waals surface area contributed by atoms with Gasteiger partial charge in [0.1, 0.15) is 11.6 Å².